The molecule has 4 aromatic rings. The lowest BCUT2D eigenvalue weighted by molar-refractivity contribution is -0.119. The molecule has 1 saturated carbocycles. The number of fused-ring (bicyclic) bond motifs is 2. The van der Waals surface area contributed by atoms with Gasteiger partial charge < -0.3 is 10.2 Å². The number of hydrogen-bond donors (Lipinski definition) is 2. The van der Waals surface area contributed by atoms with Crippen molar-refractivity contribution in [1.29, 1.82) is 0 Å². The zero-order chi connectivity index (χ0) is 23.9. The lowest BCUT2D eigenvalue weighted by atomic mass is 9.92. The molecule has 35 heavy (non-hydrogen) atoms. The maximum atomic E-state index is 14.5. The summed E-state index contributed by atoms with van der Waals surface area (Å²) in [5.41, 5.74) is 2.16. The van der Waals surface area contributed by atoms with Crippen LogP contribution in [0, 0.1) is 5.82 Å². The van der Waals surface area contributed by atoms with E-state index in [9.17, 15) is 9.18 Å². The Hall–Kier alpha value is -4.08. The highest BCUT2D eigenvalue weighted by molar-refractivity contribution is 6.09. The Morgan fingerprint density at radius 1 is 1.14 bits per heavy atom. The highest BCUT2D eigenvalue weighted by Crippen LogP contribution is 2.42. The van der Waals surface area contributed by atoms with Gasteiger partial charge in [-0.25, -0.2) is 9.37 Å². The number of aromatic nitrogens is 5. The third-order valence-corrected chi connectivity index (χ3v) is 6.86. The topological polar surface area (TPSA) is 103 Å². The lowest BCUT2D eigenvalue weighted by Crippen LogP contribution is -2.55. The number of benzene rings is 1. The fourth-order valence-electron chi connectivity index (χ4n) is 5.20. The van der Waals surface area contributed by atoms with E-state index in [1.807, 2.05) is 13.0 Å². The summed E-state index contributed by atoms with van der Waals surface area (Å²) in [6.07, 6.45) is 12.1. The standard InChI is InChI=1S/C25H25FN8O/c1-15-24(35)34(19-8-5-9-27-13-19)21-14-28-25(31-23(21)33(15)18-6-3-2-4-7-18)30-17-10-16-12-29-32-22(16)20(26)11-17/h5,8-15,18H,2-4,6-7H2,1H3,(H,29,32)(H,28,30,31)/t15-/m1/s1. The van der Waals surface area contributed by atoms with Crippen LogP contribution in [0.15, 0.2) is 49.1 Å². The van der Waals surface area contributed by atoms with Gasteiger partial charge in [-0.15, -0.1) is 0 Å². The van der Waals surface area contributed by atoms with Gasteiger partial charge in [-0.05, 0) is 44.0 Å². The first-order valence-corrected chi connectivity index (χ1v) is 11.9. The van der Waals surface area contributed by atoms with Crippen molar-refractivity contribution in [2.45, 2.75) is 51.1 Å². The molecule has 3 aromatic heterocycles. The van der Waals surface area contributed by atoms with Gasteiger partial charge in [-0.2, -0.15) is 10.1 Å². The van der Waals surface area contributed by atoms with Crippen LogP contribution in [0.1, 0.15) is 39.0 Å². The van der Waals surface area contributed by atoms with Crippen molar-refractivity contribution in [3.8, 4) is 0 Å². The van der Waals surface area contributed by atoms with Gasteiger partial charge in [0.15, 0.2) is 11.6 Å². The van der Waals surface area contributed by atoms with E-state index >= 15 is 0 Å². The number of pyridine rings is 1. The maximum Gasteiger partial charge on any atom is 0.254 e. The van der Waals surface area contributed by atoms with Crippen molar-refractivity contribution in [3.05, 3.63) is 54.9 Å². The Kier molecular flexibility index (Phi) is 5.28. The fraction of sp³-hybridized carbons (Fsp3) is 0.320. The van der Waals surface area contributed by atoms with Gasteiger partial charge in [0.1, 0.15) is 17.2 Å². The zero-order valence-corrected chi connectivity index (χ0v) is 19.3. The van der Waals surface area contributed by atoms with E-state index in [2.05, 4.69) is 30.4 Å². The molecule has 0 saturated heterocycles. The number of anilines is 5. The summed E-state index contributed by atoms with van der Waals surface area (Å²) in [7, 11) is 0. The van der Waals surface area contributed by atoms with E-state index in [4.69, 9.17) is 4.98 Å². The molecule has 0 unspecified atom stereocenters. The van der Waals surface area contributed by atoms with Crippen LogP contribution in [0.25, 0.3) is 10.9 Å². The SMILES string of the molecule is C[C@@H]1C(=O)N(c2cccnc2)c2cnc(Nc3cc(F)c4[nH]ncc4c3)nc2N1C1CCCCC1. The number of carbonyl (C=O) groups is 1. The van der Waals surface area contributed by atoms with Crippen molar-refractivity contribution in [2.75, 3.05) is 15.1 Å². The number of rotatable bonds is 4. The van der Waals surface area contributed by atoms with Gasteiger partial charge >= 0.3 is 0 Å². The number of amides is 1. The van der Waals surface area contributed by atoms with Gasteiger partial charge in [0.25, 0.3) is 5.91 Å². The molecule has 1 aromatic carbocycles. The minimum Gasteiger partial charge on any atom is -0.340 e. The van der Waals surface area contributed by atoms with Crippen molar-refractivity contribution in [3.63, 3.8) is 0 Å². The number of aromatic amines is 1. The average molecular weight is 473 g/mol. The summed E-state index contributed by atoms with van der Waals surface area (Å²) < 4.78 is 14.5. The fourth-order valence-corrected chi connectivity index (χ4v) is 5.20. The van der Waals surface area contributed by atoms with Crippen molar-refractivity contribution >= 4 is 45.6 Å². The first-order chi connectivity index (χ1) is 17.1. The monoisotopic (exact) mass is 472 g/mol. The second-order valence-corrected chi connectivity index (χ2v) is 9.08. The predicted octanol–water partition coefficient (Wildman–Crippen LogP) is 4.84. The quantitative estimate of drug-likeness (QED) is 0.438. The molecular weight excluding hydrogens is 447 g/mol. The van der Waals surface area contributed by atoms with Crippen LogP contribution in [0.4, 0.5) is 33.2 Å². The molecule has 0 spiro atoms. The van der Waals surface area contributed by atoms with Crippen molar-refractivity contribution < 1.29 is 9.18 Å². The molecule has 0 radical (unpaired) electrons. The van der Waals surface area contributed by atoms with E-state index < -0.39 is 11.9 Å². The summed E-state index contributed by atoms with van der Waals surface area (Å²) >= 11 is 0. The Labute approximate surface area is 201 Å². The summed E-state index contributed by atoms with van der Waals surface area (Å²) in [5, 5.41) is 10.4. The summed E-state index contributed by atoms with van der Waals surface area (Å²) in [4.78, 5) is 30.9. The third-order valence-electron chi connectivity index (χ3n) is 6.86. The largest absolute Gasteiger partial charge is 0.340 e. The zero-order valence-electron chi connectivity index (χ0n) is 19.3. The molecule has 178 valence electrons. The number of halogens is 1. The first kappa shape index (κ1) is 21.5. The smallest absolute Gasteiger partial charge is 0.254 e. The number of nitrogens with one attached hydrogen (secondary N) is 2. The highest BCUT2D eigenvalue weighted by atomic mass is 19.1. The van der Waals surface area contributed by atoms with Crippen LogP contribution in [-0.4, -0.2) is 43.1 Å². The van der Waals surface area contributed by atoms with E-state index in [-0.39, 0.29) is 11.9 Å². The minimum atomic E-state index is -0.411. The molecule has 1 amide bonds. The molecule has 4 heterocycles. The molecular formula is C25H25FN8O. The second kappa shape index (κ2) is 8.61. The van der Waals surface area contributed by atoms with Crippen LogP contribution in [0.5, 0.6) is 0 Å². The van der Waals surface area contributed by atoms with Gasteiger partial charge in [0.2, 0.25) is 5.95 Å². The number of H-pyrrole nitrogens is 1. The average Bonchev–Trinajstić information content (AvgIpc) is 3.36. The number of nitrogens with zero attached hydrogens (tertiary/aromatic N) is 6. The molecule has 10 heteroatoms. The minimum absolute atomic E-state index is 0.0344. The van der Waals surface area contributed by atoms with Gasteiger partial charge in [-0.3, -0.25) is 19.8 Å². The number of hydrogen-bond acceptors (Lipinski definition) is 7. The Bertz CT molecular complexity index is 1390. The summed E-state index contributed by atoms with van der Waals surface area (Å²) in [6, 6.07) is 6.66. The van der Waals surface area contributed by atoms with Crippen LogP contribution in [0.2, 0.25) is 0 Å². The normalized spacial score (nSPS) is 18.7. The second-order valence-electron chi connectivity index (χ2n) is 9.08. The van der Waals surface area contributed by atoms with Gasteiger partial charge in [-0.1, -0.05) is 19.3 Å². The van der Waals surface area contributed by atoms with Gasteiger partial charge in [0, 0.05) is 23.3 Å². The molecule has 1 aliphatic heterocycles. The van der Waals surface area contributed by atoms with E-state index in [0.717, 1.165) is 25.7 Å². The summed E-state index contributed by atoms with van der Waals surface area (Å²) in [5.74, 6) is 0.578. The highest BCUT2D eigenvalue weighted by Gasteiger charge is 2.41. The first-order valence-electron chi connectivity index (χ1n) is 11.9. The molecule has 1 aliphatic carbocycles. The third kappa shape index (κ3) is 3.74. The lowest BCUT2D eigenvalue weighted by Gasteiger charge is -2.45. The molecule has 1 atom stereocenters. The maximum absolute atomic E-state index is 14.5. The Balaban J connectivity index is 1.44. The molecule has 2 N–H and O–H groups in total. The molecule has 6 rings (SSSR count). The van der Waals surface area contributed by atoms with Crippen LogP contribution in [0.3, 0.4) is 0 Å². The van der Waals surface area contributed by atoms with Crippen LogP contribution < -0.4 is 15.1 Å². The van der Waals surface area contributed by atoms with Crippen molar-refractivity contribution in [2.24, 2.45) is 0 Å². The molecule has 9 nitrogen and oxygen atoms in total. The Morgan fingerprint density at radius 3 is 2.80 bits per heavy atom. The van der Waals surface area contributed by atoms with E-state index in [0.29, 0.717) is 39.7 Å². The van der Waals surface area contributed by atoms with E-state index in [1.165, 1.54) is 12.5 Å². The van der Waals surface area contributed by atoms with Crippen LogP contribution in [-0.2, 0) is 4.79 Å². The Morgan fingerprint density at radius 2 is 2.00 bits per heavy atom. The predicted molar refractivity (Wildman–Crippen MR) is 132 cm³/mol. The van der Waals surface area contributed by atoms with Crippen molar-refractivity contribution in [1.82, 2.24) is 25.1 Å². The summed E-state index contributed by atoms with van der Waals surface area (Å²) in [6.45, 7) is 1.93. The van der Waals surface area contributed by atoms with E-state index in [1.54, 1.807) is 41.8 Å². The molecule has 2 aliphatic rings. The molecule has 0 bridgehead atoms. The van der Waals surface area contributed by atoms with Crippen LogP contribution >= 0.6 is 0 Å². The molecule has 1 fully saturated rings. The number of carbonyl (C=O) groups excluding carboxylic acids is 1. The van der Waals surface area contributed by atoms with Gasteiger partial charge in [0.05, 0.1) is 24.3 Å².